The van der Waals surface area contributed by atoms with E-state index in [1.165, 1.54) is 50.3 Å². The van der Waals surface area contributed by atoms with Crippen LogP contribution in [0.25, 0.3) is 22.3 Å². The van der Waals surface area contributed by atoms with Gasteiger partial charge in [0.1, 0.15) is 10.7 Å². The van der Waals surface area contributed by atoms with Crippen LogP contribution in [-0.4, -0.2) is 36.7 Å². The number of thiophene rings is 1. The molecule has 6 aliphatic rings. The van der Waals surface area contributed by atoms with Crippen LogP contribution in [0.3, 0.4) is 0 Å². The van der Waals surface area contributed by atoms with Crippen molar-refractivity contribution in [3.05, 3.63) is 65.2 Å². The number of hydrazone groups is 1. The summed E-state index contributed by atoms with van der Waals surface area (Å²) in [6.45, 7) is 0. The van der Waals surface area contributed by atoms with Gasteiger partial charge in [0.2, 0.25) is 5.17 Å². The molecule has 4 fully saturated rings. The Morgan fingerprint density at radius 1 is 1.00 bits per heavy atom. The second-order valence-corrected chi connectivity index (χ2v) is 13.2. The van der Waals surface area contributed by atoms with Crippen LogP contribution in [0.5, 0.6) is 0 Å². The highest BCUT2D eigenvalue weighted by molar-refractivity contribution is 8.27. The molecule has 2 aromatic heterocycles. The predicted octanol–water partition coefficient (Wildman–Crippen LogP) is 6.44. The number of amides is 1. The van der Waals surface area contributed by atoms with E-state index in [0.29, 0.717) is 5.17 Å². The van der Waals surface area contributed by atoms with Gasteiger partial charge >= 0.3 is 0 Å². The maximum Gasteiger partial charge on any atom is 0.283 e. The molecule has 4 bridgehead atoms. The minimum absolute atomic E-state index is 0.0943. The fraction of sp³-hybridized carbons (Fsp3) is 0.345. The molecule has 2 aliphatic heterocycles. The minimum Gasteiger partial charge on any atom is -0.282 e. The lowest BCUT2D eigenvalue weighted by Gasteiger charge is -2.56. The normalized spacial score (nSPS) is 30.7. The van der Waals surface area contributed by atoms with Crippen LogP contribution >= 0.6 is 23.1 Å². The SMILES string of the molecule is N=C1/C(=C/c2cn(-c3ccccc3)nc2-c2cccs2)C(=O)N=C2SC(C34CC5CC(CC(C5)C3)C4)=NN12. The summed E-state index contributed by atoms with van der Waals surface area (Å²) in [5.41, 5.74) is 2.84. The molecular formula is C29H26N6OS2. The van der Waals surface area contributed by atoms with E-state index in [1.54, 1.807) is 22.4 Å². The van der Waals surface area contributed by atoms with Gasteiger partial charge in [-0.2, -0.15) is 20.2 Å². The Balaban J connectivity index is 1.16. The molecule has 1 aromatic carbocycles. The van der Waals surface area contributed by atoms with E-state index in [4.69, 9.17) is 15.6 Å². The standard InChI is InChI=1S/C29H26N6OS2/c30-25-22(12-20-16-34(21-5-2-1-3-6-21)32-24(20)23-7-4-8-37-23)26(36)31-28-35(25)33-27(38-28)29-13-17-9-18(14-29)11-19(10-17)15-29/h1-8,12,16-19,30H,9-11,13-15H2/b22-12-,30-25?. The third-order valence-electron chi connectivity index (χ3n) is 8.76. The average molecular weight is 539 g/mol. The van der Waals surface area contributed by atoms with Gasteiger partial charge in [0.05, 0.1) is 16.1 Å². The predicted molar refractivity (Wildman–Crippen MR) is 152 cm³/mol. The molecule has 0 spiro atoms. The van der Waals surface area contributed by atoms with Crippen molar-refractivity contribution >= 4 is 51.1 Å². The molecule has 9 rings (SSSR count). The van der Waals surface area contributed by atoms with Crippen LogP contribution in [0.15, 0.2) is 69.7 Å². The van der Waals surface area contributed by atoms with E-state index in [0.717, 1.165) is 44.6 Å². The van der Waals surface area contributed by atoms with Gasteiger partial charge in [-0.25, -0.2) is 4.68 Å². The summed E-state index contributed by atoms with van der Waals surface area (Å²) < 4.78 is 1.82. The number of fused-ring (bicyclic) bond motifs is 1. The number of aromatic nitrogens is 2. The van der Waals surface area contributed by atoms with Crippen LogP contribution in [0.1, 0.15) is 44.1 Å². The lowest BCUT2D eigenvalue weighted by molar-refractivity contribution is -0.114. The number of aliphatic imine (C=N–C) groups is 1. The lowest BCUT2D eigenvalue weighted by Crippen LogP contribution is -2.49. The topological polar surface area (TPSA) is 86.7 Å². The van der Waals surface area contributed by atoms with Crippen LogP contribution in [0, 0.1) is 28.6 Å². The van der Waals surface area contributed by atoms with Gasteiger partial charge in [-0.1, -0.05) is 24.3 Å². The summed E-state index contributed by atoms with van der Waals surface area (Å²) in [5.74, 6) is 2.12. The smallest absolute Gasteiger partial charge is 0.282 e. The molecule has 4 aliphatic carbocycles. The number of rotatable bonds is 4. The molecule has 0 unspecified atom stereocenters. The fourth-order valence-electron chi connectivity index (χ4n) is 7.55. The first kappa shape index (κ1) is 22.7. The Kier molecular flexibility index (Phi) is 4.98. The van der Waals surface area contributed by atoms with Crippen molar-refractivity contribution < 1.29 is 4.79 Å². The molecule has 3 aromatic rings. The number of nitrogens with zero attached hydrogens (tertiary/aromatic N) is 5. The quantitative estimate of drug-likeness (QED) is 0.388. The van der Waals surface area contributed by atoms with Crippen LogP contribution in [0.4, 0.5) is 0 Å². The van der Waals surface area contributed by atoms with E-state index >= 15 is 0 Å². The second-order valence-electron chi connectivity index (χ2n) is 11.3. The number of benzene rings is 1. The van der Waals surface area contributed by atoms with E-state index in [1.807, 2.05) is 58.7 Å². The molecule has 190 valence electrons. The molecule has 9 heteroatoms. The molecule has 4 saturated carbocycles. The van der Waals surface area contributed by atoms with Gasteiger partial charge in [-0.3, -0.25) is 10.2 Å². The zero-order chi connectivity index (χ0) is 25.4. The molecule has 1 amide bonds. The van der Waals surface area contributed by atoms with Gasteiger partial charge in [0, 0.05) is 17.2 Å². The largest absolute Gasteiger partial charge is 0.283 e. The van der Waals surface area contributed by atoms with E-state index < -0.39 is 0 Å². The van der Waals surface area contributed by atoms with Gasteiger partial charge < -0.3 is 0 Å². The summed E-state index contributed by atoms with van der Waals surface area (Å²) in [7, 11) is 0. The van der Waals surface area contributed by atoms with Crippen molar-refractivity contribution in [2.75, 3.05) is 0 Å². The second kappa shape index (κ2) is 8.35. The van der Waals surface area contributed by atoms with Crippen molar-refractivity contribution in [2.24, 2.45) is 33.3 Å². The van der Waals surface area contributed by atoms with Crippen LogP contribution < -0.4 is 0 Å². The molecular weight excluding hydrogens is 512 g/mol. The van der Waals surface area contributed by atoms with Crippen molar-refractivity contribution in [2.45, 2.75) is 38.5 Å². The number of para-hydroxylation sites is 1. The van der Waals surface area contributed by atoms with Crippen molar-refractivity contribution in [1.29, 1.82) is 5.41 Å². The first-order chi connectivity index (χ1) is 18.5. The third-order valence-corrected chi connectivity index (χ3v) is 10.8. The summed E-state index contributed by atoms with van der Waals surface area (Å²) in [6.07, 6.45) is 11.4. The van der Waals surface area contributed by atoms with E-state index in [-0.39, 0.29) is 22.7 Å². The number of thioether (sulfide) groups is 1. The van der Waals surface area contributed by atoms with Gasteiger partial charge in [0.15, 0.2) is 5.84 Å². The highest BCUT2D eigenvalue weighted by Crippen LogP contribution is 2.62. The number of nitrogens with one attached hydrogen (secondary N) is 1. The Morgan fingerprint density at radius 3 is 2.42 bits per heavy atom. The lowest BCUT2D eigenvalue weighted by atomic mass is 9.50. The summed E-state index contributed by atoms with van der Waals surface area (Å²) in [4.78, 5) is 18.7. The first-order valence-electron chi connectivity index (χ1n) is 13.2. The van der Waals surface area contributed by atoms with Crippen molar-refractivity contribution in [1.82, 2.24) is 14.8 Å². The molecule has 0 atom stereocenters. The zero-order valence-corrected chi connectivity index (χ0v) is 22.3. The Hall–Kier alpha value is -3.30. The Bertz CT molecular complexity index is 1530. The van der Waals surface area contributed by atoms with Crippen LogP contribution in [0.2, 0.25) is 0 Å². The van der Waals surface area contributed by atoms with E-state index in [2.05, 4.69) is 4.99 Å². The summed E-state index contributed by atoms with van der Waals surface area (Å²) >= 11 is 3.12. The van der Waals surface area contributed by atoms with Crippen molar-refractivity contribution in [3.8, 4) is 16.3 Å². The third kappa shape index (κ3) is 3.51. The van der Waals surface area contributed by atoms with Crippen molar-refractivity contribution in [3.63, 3.8) is 0 Å². The minimum atomic E-state index is -0.389. The maximum absolute atomic E-state index is 13.3. The summed E-state index contributed by atoms with van der Waals surface area (Å²) in [6, 6.07) is 13.9. The number of carbonyl (C=O) groups is 1. The van der Waals surface area contributed by atoms with Gasteiger partial charge in [-0.15, -0.1) is 11.3 Å². The van der Waals surface area contributed by atoms with E-state index in [9.17, 15) is 4.79 Å². The molecule has 0 saturated heterocycles. The Morgan fingerprint density at radius 2 is 1.74 bits per heavy atom. The number of carbonyl (C=O) groups excluding carboxylic acids is 1. The highest BCUT2D eigenvalue weighted by Gasteiger charge is 2.55. The molecule has 4 heterocycles. The van der Waals surface area contributed by atoms with Gasteiger partial charge in [-0.05, 0) is 97.7 Å². The Labute approximate surface area is 228 Å². The monoisotopic (exact) mass is 538 g/mol. The summed E-state index contributed by atoms with van der Waals surface area (Å²) in [5, 5.41) is 24.0. The van der Waals surface area contributed by atoms with Crippen LogP contribution in [-0.2, 0) is 4.79 Å². The zero-order valence-electron chi connectivity index (χ0n) is 20.7. The molecule has 38 heavy (non-hydrogen) atoms. The number of hydrogen-bond donors (Lipinski definition) is 1. The first-order valence-corrected chi connectivity index (χ1v) is 14.9. The molecule has 0 radical (unpaired) electrons. The maximum atomic E-state index is 13.3. The molecule has 7 nitrogen and oxygen atoms in total. The number of hydrogen-bond acceptors (Lipinski definition) is 6. The highest BCUT2D eigenvalue weighted by atomic mass is 32.2. The van der Waals surface area contributed by atoms with Gasteiger partial charge in [0.25, 0.3) is 5.91 Å². The average Bonchev–Trinajstić information content (AvgIpc) is 3.66. The number of amidine groups is 2. The molecule has 1 N–H and O–H groups in total. The fourth-order valence-corrected chi connectivity index (χ4v) is 9.39.